The first kappa shape index (κ1) is 14.1. The molecule has 4 heteroatoms. The van der Waals surface area contributed by atoms with Crippen molar-refractivity contribution in [2.75, 3.05) is 0 Å². The van der Waals surface area contributed by atoms with Gasteiger partial charge >= 0.3 is 5.97 Å². The van der Waals surface area contributed by atoms with Gasteiger partial charge in [0.1, 0.15) is 0 Å². The minimum atomic E-state index is -0.678. The Morgan fingerprint density at radius 2 is 2.11 bits per heavy atom. The maximum atomic E-state index is 11.5. The topological polar surface area (TPSA) is 55.1 Å². The molecule has 0 bridgehead atoms. The second-order valence-electron chi connectivity index (χ2n) is 5.88. The predicted molar refractivity (Wildman–Crippen MR) is 74.3 cm³/mol. The Morgan fingerprint density at radius 1 is 1.42 bits per heavy atom. The summed E-state index contributed by atoms with van der Waals surface area (Å²) >= 11 is 0. The Kier molecular flexibility index (Phi) is 3.97. The summed E-state index contributed by atoms with van der Waals surface area (Å²) in [6.45, 7) is 8.42. The number of hydrogen-bond donors (Lipinski definition) is 1. The van der Waals surface area contributed by atoms with Crippen LogP contribution in [-0.4, -0.2) is 20.9 Å². The highest BCUT2D eigenvalue weighted by Gasteiger charge is 2.36. The molecule has 3 atom stereocenters. The van der Waals surface area contributed by atoms with Crippen molar-refractivity contribution in [3.63, 3.8) is 0 Å². The lowest BCUT2D eigenvalue weighted by Crippen LogP contribution is -2.33. The van der Waals surface area contributed by atoms with Gasteiger partial charge in [-0.25, -0.2) is 0 Å². The highest BCUT2D eigenvalue weighted by atomic mass is 16.4. The highest BCUT2D eigenvalue weighted by Crippen LogP contribution is 2.38. The van der Waals surface area contributed by atoms with E-state index in [1.165, 1.54) is 5.56 Å². The lowest BCUT2D eigenvalue weighted by atomic mass is 9.79. The van der Waals surface area contributed by atoms with E-state index in [0.717, 1.165) is 37.1 Å². The third kappa shape index (κ3) is 2.53. The van der Waals surface area contributed by atoms with Crippen LogP contribution in [0.15, 0.2) is 0 Å². The molecule has 1 aliphatic carbocycles. The number of rotatable bonds is 3. The van der Waals surface area contributed by atoms with Gasteiger partial charge in [0.05, 0.1) is 17.7 Å². The number of carbonyl (C=O) groups is 1. The van der Waals surface area contributed by atoms with Crippen molar-refractivity contribution in [2.45, 2.75) is 59.4 Å². The number of carboxylic acids is 1. The van der Waals surface area contributed by atoms with Gasteiger partial charge in [-0.15, -0.1) is 0 Å². The molecule has 1 aromatic rings. The molecule has 0 aromatic carbocycles. The zero-order chi connectivity index (χ0) is 14.2. The molecule has 4 nitrogen and oxygen atoms in total. The molecular formula is C15H24N2O2. The van der Waals surface area contributed by atoms with Crippen molar-refractivity contribution in [2.24, 2.45) is 11.8 Å². The standard InChI is InChI=1S/C15H24N2O2/c1-5-12-10(3)16-17(11(12)4)14-8-9(2)6-7-13(14)15(18)19/h9,13-14H,5-8H2,1-4H3,(H,18,19). The maximum Gasteiger partial charge on any atom is 0.308 e. The van der Waals surface area contributed by atoms with Crippen molar-refractivity contribution in [1.29, 1.82) is 0 Å². The molecule has 1 aromatic heterocycles. The van der Waals surface area contributed by atoms with Crippen LogP contribution in [0.4, 0.5) is 0 Å². The smallest absolute Gasteiger partial charge is 0.308 e. The van der Waals surface area contributed by atoms with Crippen molar-refractivity contribution in [3.8, 4) is 0 Å². The number of carboxylic acid groups (broad SMARTS) is 1. The first-order valence-corrected chi connectivity index (χ1v) is 7.23. The molecule has 0 saturated heterocycles. The van der Waals surface area contributed by atoms with Gasteiger partial charge in [0, 0.05) is 5.69 Å². The largest absolute Gasteiger partial charge is 0.481 e. The number of aliphatic carboxylic acids is 1. The van der Waals surface area contributed by atoms with Crippen molar-refractivity contribution in [1.82, 2.24) is 9.78 Å². The van der Waals surface area contributed by atoms with Gasteiger partial charge in [0.2, 0.25) is 0 Å². The number of nitrogens with zero attached hydrogens (tertiary/aromatic N) is 2. The first-order chi connectivity index (χ1) is 8.95. The number of hydrogen-bond acceptors (Lipinski definition) is 2. The number of aromatic nitrogens is 2. The fourth-order valence-electron chi connectivity index (χ4n) is 3.44. The normalized spacial score (nSPS) is 27.5. The summed E-state index contributed by atoms with van der Waals surface area (Å²) in [5.41, 5.74) is 3.45. The summed E-state index contributed by atoms with van der Waals surface area (Å²) in [6, 6.07) is 0.0141. The van der Waals surface area contributed by atoms with Crippen molar-refractivity contribution < 1.29 is 9.90 Å². The summed E-state index contributed by atoms with van der Waals surface area (Å²) in [5, 5.41) is 14.1. The lowest BCUT2D eigenvalue weighted by molar-refractivity contribution is -0.145. The SMILES string of the molecule is CCc1c(C)nn(C2CC(C)CCC2C(=O)O)c1C. The average Bonchev–Trinajstić information content (AvgIpc) is 2.63. The quantitative estimate of drug-likeness (QED) is 0.912. The Morgan fingerprint density at radius 3 is 2.63 bits per heavy atom. The van der Waals surface area contributed by atoms with Crippen LogP contribution >= 0.6 is 0 Å². The van der Waals surface area contributed by atoms with Gasteiger partial charge in [-0.1, -0.05) is 13.8 Å². The highest BCUT2D eigenvalue weighted by molar-refractivity contribution is 5.70. The van der Waals surface area contributed by atoms with Gasteiger partial charge in [0.25, 0.3) is 0 Å². The summed E-state index contributed by atoms with van der Waals surface area (Å²) < 4.78 is 1.99. The van der Waals surface area contributed by atoms with E-state index < -0.39 is 5.97 Å². The van der Waals surface area contributed by atoms with Crippen LogP contribution in [0.1, 0.15) is 56.1 Å². The summed E-state index contributed by atoms with van der Waals surface area (Å²) in [6.07, 6.45) is 3.65. The molecular weight excluding hydrogens is 240 g/mol. The van der Waals surface area contributed by atoms with Gasteiger partial charge in [-0.3, -0.25) is 9.48 Å². The van der Waals surface area contributed by atoms with E-state index in [4.69, 9.17) is 0 Å². The zero-order valence-electron chi connectivity index (χ0n) is 12.3. The Bertz CT molecular complexity index is 479. The molecule has 1 N–H and O–H groups in total. The molecule has 1 aliphatic rings. The molecule has 0 amide bonds. The van der Waals surface area contributed by atoms with E-state index in [9.17, 15) is 9.90 Å². The molecule has 2 rings (SSSR count). The van der Waals surface area contributed by atoms with Crippen LogP contribution in [0.25, 0.3) is 0 Å². The maximum absolute atomic E-state index is 11.5. The van der Waals surface area contributed by atoms with Gasteiger partial charge in [-0.05, 0) is 51.0 Å². The third-order valence-corrected chi connectivity index (χ3v) is 4.54. The van der Waals surface area contributed by atoms with Crippen LogP contribution in [0, 0.1) is 25.7 Å². The van der Waals surface area contributed by atoms with Crippen LogP contribution in [0.3, 0.4) is 0 Å². The summed E-state index contributed by atoms with van der Waals surface area (Å²) in [4.78, 5) is 11.5. The fourth-order valence-corrected chi connectivity index (χ4v) is 3.44. The summed E-state index contributed by atoms with van der Waals surface area (Å²) in [7, 11) is 0. The van der Waals surface area contributed by atoms with Crippen LogP contribution in [-0.2, 0) is 11.2 Å². The van der Waals surface area contributed by atoms with Crippen LogP contribution < -0.4 is 0 Å². The monoisotopic (exact) mass is 264 g/mol. The van der Waals surface area contributed by atoms with Crippen LogP contribution in [0.5, 0.6) is 0 Å². The molecule has 1 saturated carbocycles. The second kappa shape index (κ2) is 5.35. The van der Waals surface area contributed by atoms with E-state index >= 15 is 0 Å². The van der Waals surface area contributed by atoms with Gasteiger partial charge < -0.3 is 5.11 Å². The van der Waals surface area contributed by atoms with E-state index in [2.05, 4.69) is 25.9 Å². The van der Waals surface area contributed by atoms with Crippen LogP contribution in [0.2, 0.25) is 0 Å². The molecule has 1 fully saturated rings. The van der Waals surface area contributed by atoms with Crippen molar-refractivity contribution in [3.05, 3.63) is 17.0 Å². The molecule has 3 unspecified atom stereocenters. The first-order valence-electron chi connectivity index (χ1n) is 7.23. The Labute approximate surface area is 114 Å². The molecule has 0 spiro atoms. The van der Waals surface area contributed by atoms with E-state index in [0.29, 0.717) is 5.92 Å². The van der Waals surface area contributed by atoms with E-state index in [-0.39, 0.29) is 12.0 Å². The molecule has 106 valence electrons. The Hall–Kier alpha value is -1.32. The molecule has 19 heavy (non-hydrogen) atoms. The minimum Gasteiger partial charge on any atom is -0.481 e. The molecule has 1 heterocycles. The fraction of sp³-hybridized carbons (Fsp3) is 0.733. The number of aryl methyl sites for hydroxylation is 1. The lowest BCUT2D eigenvalue weighted by Gasteiger charge is -2.33. The van der Waals surface area contributed by atoms with E-state index in [1.807, 2.05) is 11.6 Å². The molecule has 0 radical (unpaired) electrons. The summed E-state index contributed by atoms with van der Waals surface area (Å²) in [5.74, 6) is -0.393. The van der Waals surface area contributed by atoms with Crippen molar-refractivity contribution >= 4 is 5.97 Å². The molecule has 0 aliphatic heterocycles. The zero-order valence-corrected chi connectivity index (χ0v) is 12.3. The third-order valence-electron chi connectivity index (χ3n) is 4.54. The average molecular weight is 264 g/mol. The Balaban J connectivity index is 2.39. The predicted octanol–water partition coefficient (Wildman–Crippen LogP) is 3.12. The van der Waals surface area contributed by atoms with Gasteiger partial charge in [-0.2, -0.15) is 5.10 Å². The van der Waals surface area contributed by atoms with E-state index in [1.54, 1.807) is 0 Å². The second-order valence-corrected chi connectivity index (χ2v) is 5.88. The minimum absolute atomic E-state index is 0.0141. The van der Waals surface area contributed by atoms with Gasteiger partial charge in [0.15, 0.2) is 0 Å².